The summed E-state index contributed by atoms with van der Waals surface area (Å²) in [6.07, 6.45) is 2.97. The first-order valence-electron chi connectivity index (χ1n) is 6.65. The fourth-order valence-corrected chi connectivity index (χ4v) is 3.58. The number of nitrogens with zero attached hydrogens (tertiary/aromatic N) is 1. The molecular formula is C15H18N2O. The van der Waals surface area contributed by atoms with Crippen molar-refractivity contribution in [2.75, 3.05) is 13.1 Å². The number of piperidine rings is 1. The van der Waals surface area contributed by atoms with E-state index in [1.807, 2.05) is 18.2 Å². The van der Waals surface area contributed by atoms with Gasteiger partial charge in [-0.05, 0) is 49.9 Å². The predicted octanol–water partition coefficient (Wildman–Crippen LogP) is 1.51. The average molecular weight is 242 g/mol. The Morgan fingerprint density at radius 3 is 2.61 bits per heavy atom. The number of nitrogens with one attached hydrogen (secondary N) is 1. The first-order valence-corrected chi connectivity index (χ1v) is 6.65. The van der Waals surface area contributed by atoms with Gasteiger partial charge in [0.2, 0.25) is 0 Å². The molecule has 2 N–H and O–H groups in total. The van der Waals surface area contributed by atoms with Gasteiger partial charge in [-0.3, -0.25) is 0 Å². The van der Waals surface area contributed by atoms with Crippen molar-refractivity contribution in [1.29, 1.82) is 5.26 Å². The average Bonchev–Trinajstić information content (AvgIpc) is 2.80. The van der Waals surface area contributed by atoms with Crippen LogP contribution in [0, 0.1) is 11.3 Å². The lowest BCUT2D eigenvalue weighted by Crippen LogP contribution is -2.55. The maximum absolute atomic E-state index is 11.0. The van der Waals surface area contributed by atoms with Crippen molar-refractivity contribution >= 4 is 0 Å². The molecule has 18 heavy (non-hydrogen) atoms. The summed E-state index contributed by atoms with van der Waals surface area (Å²) in [5.41, 5.74) is 0.702. The number of benzene rings is 1. The Hall–Kier alpha value is -1.37. The van der Waals surface area contributed by atoms with E-state index in [4.69, 9.17) is 0 Å². The van der Waals surface area contributed by atoms with Crippen molar-refractivity contribution < 1.29 is 5.11 Å². The van der Waals surface area contributed by atoms with Crippen LogP contribution in [0.5, 0.6) is 0 Å². The fraction of sp³-hybridized carbons (Fsp3) is 0.533. The number of aliphatic hydroxyl groups is 1. The summed E-state index contributed by atoms with van der Waals surface area (Å²) in [7, 11) is 0. The number of hydrogen-bond acceptors (Lipinski definition) is 3. The van der Waals surface area contributed by atoms with Crippen molar-refractivity contribution in [2.24, 2.45) is 0 Å². The van der Waals surface area contributed by atoms with E-state index in [9.17, 15) is 10.4 Å². The van der Waals surface area contributed by atoms with Crippen molar-refractivity contribution in [2.45, 2.75) is 36.7 Å². The van der Waals surface area contributed by atoms with Crippen LogP contribution in [0.2, 0.25) is 0 Å². The summed E-state index contributed by atoms with van der Waals surface area (Å²) in [6.45, 7) is 1.59. The van der Waals surface area contributed by atoms with Crippen LogP contribution >= 0.6 is 0 Å². The minimum Gasteiger partial charge on any atom is -0.388 e. The SMILES string of the molecule is N#CC1(C2(O)CCNCC2)CCc2ccccc21. The fourth-order valence-electron chi connectivity index (χ4n) is 3.58. The second-order valence-corrected chi connectivity index (χ2v) is 5.46. The highest BCUT2D eigenvalue weighted by atomic mass is 16.3. The number of hydrogen-bond donors (Lipinski definition) is 2. The molecule has 1 aromatic rings. The molecule has 1 aliphatic carbocycles. The van der Waals surface area contributed by atoms with Crippen LogP contribution in [0.4, 0.5) is 0 Å². The molecule has 0 spiro atoms. The monoisotopic (exact) mass is 242 g/mol. The second-order valence-electron chi connectivity index (χ2n) is 5.46. The highest BCUT2D eigenvalue weighted by Gasteiger charge is 2.55. The molecule has 0 aromatic heterocycles. The van der Waals surface area contributed by atoms with E-state index in [2.05, 4.69) is 17.5 Å². The summed E-state index contributed by atoms with van der Waals surface area (Å²) in [4.78, 5) is 0. The zero-order valence-electron chi connectivity index (χ0n) is 10.4. The van der Waals surface area contributed by atoms with Gasteiger partial charge in [0.1, 0.15) is 5.41 Å². The van der Waals surface area contributed by atoms with E-state index in [0.29, 0.717) is 12.8 Å². The van der Waals surface area contributed by atoms with E-state index in [1.165, 1.54) is 5.56 Å². The van der Waals surface area contributed by atoms with Crippen LogP contribution in [-0.2, 0) is 11.8 Å². The van der Waals surface area contributed by atoms with Crippen molar-refractivity contribution in [1.82, 2.24) is 5.32 Å². The minimum absolute atomic E-state index is 0.662. The highest BCUT2D eigenvalue weighted by Crippen LogP contribution is 2.49. The molecular weight excluding hydrogens is 224 g/mol. The normalized spacial score (nSPS) is 29.6. The van der Waals surface area contributed by atoms with Gasteiger partial charge in [0.25, 0.3) is 0 Å². The van der Waals surface area contributed by atoms with Crippen LogP contribution in [0.3, 0.4) is 0 Å². The molecule has 1 unspecified atom stereocenters. The Morgan fingerprint density at radius 1 is 1.17 bits per heavy atom. The maximum atomic E-state index is 11.0. The van der Waals surface area contributed by atoms with Crippen LogP contribution < -0.4 is 5.32 Å². The van der Waals surface area contributed by atoms with Crippen molar-refractivity contribution in [3.63, 3.8) is 0 Å². The van der Waals surface area contributed by atoms with E-state index >= 15 is 0 Å². The molecule has 1 fully saturated rings. The number of aryl methyl sites for hydroxylation is 1. The maximum Gasteiger partial charge on any atom is 0.111 e. The summed E-state index contributed by atoms with van der Waals surface area (Å²) in [5.74, 6) is 0. The molecule has 1 atom stereocenters. The van der Waals surface area contributed by atoms with Gasteiger partial charge < -0.3 is 10.4 Å². The molecule has 0 saturated carbocycles. The summed E-state index contributed by atoms with van der Waals surface area (Å²) in [5, 5.41) is 24.0. The quantitative estimate of drug-likeness (QED) is 0.785. The van der Waals surface area contributed by atoms with E-state index < -0.39 is 11.0 Å². The topological polar surface area (TPSA) is 56.0 Å². The van der Waals surface area contributed by atoms with Gasteiger partial charge in [-0.2, -0.15) is 5.26 Å². The molecule has 3 heteroatoms. The predicted molar refractivity (Wildman–Crippen MR) is 69.1 cm³/mol. The zero-order chi connectivity index (χ0) is 12.6. The molecule has 94 valence electrons. The second kappa shape index (κ2) is 4.08. The number of nitriles is 1. The van der Waals surface area contributed by atoms with Gasteiger partial charge in [0, 0.05) is 0 Å². The van der Waals surface area contributed by atoms with Crippen LogP contribution in [-0.4, -0.2) is 23.8 Å². The molecule has 1 aliphatic heterocycles. The summed E-state index contributed by atoms with van der Waals surface area (Å²) >= 11 is 0. The van der Waals surface area contributed by atoms with E-state index in [1.54, 1.807) is 0 Å². The Balaban J connectivity index is 2.10. The lowest BCUT2D eigenvalue weighted by Gasteiger charge is -2.43. The van der Waals surface area contributed by atoms with Gasteiger partial charge >= 0.3 is 0 Å². The van der Waals surface area contributed by atoms with Crippen molar-refractivity contribution in [3.05, 3.63) is 35.4 Å². The molecule has 0 amide bonds. The van der Waals surface area contributed by atoms with Crippen LogP contribution in [0.1, 0.15) is 30.4 Å². The lowest BCUT2D eigenvalue weighted by molar-refractivity contribution is -0.0420. The Bertz CT molecular complexity index is 499. The Morgan fingerprint density at radius 2 is 1.89 bits per heavy atom. The third-order valence-corrected chi connectivity index (χ3v) is 4.66. The lowest BCUT2D eigenvalue weighted by atomic mass is 9.65. The minimum atomic E-state index is -0.875. The molecule has 2 aliphatic rings. The largest absolute Gasteiger partial charge is 0.388 e. The first-order chi connectivity index (χ1) is 8.72. The number of fused-ring (bicyclic) bond motifs is 1. The smallest absolute Gasteiger partial charge is 0.111 e. The molecule has 0 radical (unpaired) electrons. The summed E-state index contributed by atoms with van der Waals surface area (Å²) < 4.78 is 0. The Labute approximate surface area is 107 Å². The van der Waals surface area contributed by atoms with Crippen molar-refractivity contribution in [3.8, 4) is 6.07 Å². The highest BCUT2D eigenvalue weighted by molar-refractivity contribution is 5.47. The molecule has 3 rings (SSSR count). The van der Waals surface area contributed by atoms with Gasteiger partial charge in [-0.1, -0.05) is 24.3 Å². The van der Waals surface area contributed by atoms with Gasteiger partial charge in [-0.15, -0.1) is 0 Å². The summed E-state index contributed by atoms with van der Waals surface area (Å²) in [6, 6.07) is 10.6. The molecule has 1 heterocycles. The first kappa shape index (κ1) is 11.7. The third-order valence-electron chi connectivity index (χ3n) is 4.66. The zero-order valence-corrected chi connectivity index (χ0v) is 10.4. The van der Waals surface area contributed by atoms with Gasteiger partial charge in [0.05, 0.1) is 11.7 Å². The van der Waals surface area contributed by atoms with Gasteiger partial charge in [0.15, 0.2) is 0 Å². The van der Waals surface area contributed by atoms with Crippen LogP contribution in [0.15, 0.2) is 24.3 Å². The molecule has 1 aromatic carbocycles. The third kappa shape index (κ3) is 1.43. The van der Waals surface area contributed by atoms with Gasteiger partial charge in [-0.25, -0.2) is 0 Å². The number of rotatable bonds is 1. The molecule has 1 saturated heterocycles. The standard InChI is InChI=1S/C15H18N2O/c16-11-14(15(18)7-9-17-10-8-15)6-5-12-3-1-2-4-13(12)14/h1-4,17-18H,5-10H2. The van der Waals surface area contributed by atoms with Crippen LogP contribution in [0.25, 0.3) is 0 Å². The van der Waals surface area contributed by atoms with E-state index in [-0.39, 0.29) is 0 Å². The molecule has 3 nitrogen and oxygen atoms in total. The Kier molecular flexibility index (Phi) is 2.65. The molecule has 0 bridgehead atoms. The van der Waals surface area contributed by atoms with E-state index in [0.717, 1.165) is 31.5 Å².